The number of nitrogens with zero attached hydrogens (tertiary/aromatic N) is 3. The fraction of sp³-hybridized carbons (Fsp3) is 0.174. The Morgan fingerprint density at radius 2 is 1.88 bits per heavy atom. The van der Waals surface area contributed by atoms with E-state index in [0.29, 0.717) is 22.2 Å². The Balaban J connectivity index is 1.32. The number of hydrogen-bond acceptors (Lipinski definition) is 5. The summed E-state index contributed by atoms with van der Waals surface area (Å²) in [6.45, 7) is 2.31. The highest BCUT2D eigenvalue weighted by atomic mass is 35.5. The van der Waals surface area contributed by atoms with Crippen molar-refractivity contribution in [2.45, 2.75) is 6.10 Å². The Morgan fingerprint density at radius 1 is 1.09 bits per heavy atom. The van der Waals surface area contributed by atoms with E-state index in [4.69, 9.17) is 39.5 Å². The molecular weight excluding hydrogens is 471 g/mol. The van der Waals surface area contributed by atoms with Crippen molar-refractivity contribution in [3.8, 4) is 5.88 Å². The van der Waals surface area contributed by atoms with Gasteiger partial charge in [-0.25, -0.2) is 9.97 Å². The first kappa shape index (κ1) is 22.6. The molecule has 164 valence electrons. The van der Waals surface area contributed by atoms with Crippen LogP contribution in [0.25, 0.3) is 6.08 Å². The number of aromatic nitrogens is 2. The van der Waals surface area contributed by atoms with E-state index in [1.165, 1.54) is 18.5 Å². The third-order valence-corrected chi connectivity index (χ3v) is 5.47. The number of amides is 1. The quantitative estimate of drug-likeness (QED) is 0.446. The lowest BCUT2D eigenvalue weighted by Crippen LogP contribution is -2.53. The van der Waals surface area contributed by atoms with Crippen molar-refractivity contribution < 1.29 is 9.53 Å². The number of halogens is 3. The number of benzene rings is 1. The molecule has 1 N–H and O–H groups in total. The molecule has 32 heavy (non-hydrogen) atoms. The Bertz CT molecular complexity index is 1130. The molecule has 1 aliphatic heterocycles. The SMILES string of the molecule is O=C(Nc1cc(Cl)cnc1OC1CN(CC=Cc2ccc(Cl)cc2)C1)c1ccnc(Cl)c1. The Kier molecular flexibility index (Phi) is 7.27. The van der Waals surface area contributed by atoms with Gasteiger partial charge in [-0.2, -0.15) is 0 Å². The van der Waals surface area contributed by atoms with E-state index in [9.17, 15) is 4.79 Å². The summed E-state index contributed by atoms with van der Waals surface area (Å²) in [5, 5.41) is 4.13. The Labute approximate surface area is 200 Å². The number of hydrogen-bond donors (Lipinski definition) is 1. The number of likely N-dealkylation sites (tertiary alicyclic amines) is 1. The molecule has 1 saturated heterocycles. The van der Waals surface area contributed by atoms with Crippen molar-refractivity contribution in [3.05, 3.63) is 87.3 Å². The average Bonchev–Trinajstić information content (AvgIpc) is 2.74. The highest BCUT2D eigenvalue weighted by molar-refractivity contribution is 6.31. The van der Waals surface area contributed by atoms with E-state index in [1.54, 1.807) is 12.1 Å². The molecule has 6 nitrogen and oxygen atoms in total. The van der Waals surface area contributed by atoms with E-state index < -0.39 is 0 Å². The maximum atomic E-state index is 12.6. The predicted octanol–water partition coefficient (Wildman–Crippen LogP) is 5.47. The summed E-state index contributed by atoms with van der Waals surface area (Å²) in [6, 6.07) is 12.3. The van der Waals surface area contributed by atoms with Crippen molar-refractivity contribution in [1.82, 2.24) is 14.9 Å². The van der Waals surface area contributed by atoms with Crippen LogP contribution >= 0.6 is 34.8 Å². The molecular formula is C23H19Cl3N4O2. The predicted molar refractivity (Wildman–Crippen MR) is 128 cm³/mol. The van der Waals surface area contributed by atoms with Crippen molar-refractivity contribution in [3.63, 3.8) is 0 Å². The van der Waals surface area contributed by atoms with Crippen LogP contribution in [0.2, 0.25) is 15.2 Å². The molecule has 3 heterocycles. The lowest BCUT2D eigenvalue weighted by molar-refractivity contribution is 0.0258. The molecule has 0 atom stereocenters. The normalized spacial score (nSPS) is 14.3. The van der Waals surface area contributed by atoms with Gasteiger partial charge in [0, 0.05) is 42.6 Å². The summed E-state index contributed by atoms with van der Waals surface area (Å²) in [4.78, 5) is 22.9. The minimum atomic E-state index is -0.356. The van der Waals surface area contributed by atoms with Gasteiger partial charge in [0.25, 0.3) is 5.91 Å². The molecule has 0 radical (unpaired) electrons. The van der Waals surface area contributed by atoms with Crippen LogP contribution in [0, 0.1) is 0 Å². The first-order valence-electron chi connectivity index (χ1n) is 9.86. The minimum absolute atomic E-state index is 0.0290. The summed E-state index contributed by atoms with van der Waals surface area (Å²) < 4.78 is 6.00. The maximum absolute atomic E-state index is 12.6. The monoisotopic (exact) mass is 488 g/mol. The lowest BCUT2D eigenvalue weighted by atomic mass is 10.1. The second-order valence-electron chi connectivity index (χ2n) is 7.24. The number of rotatable bonds is 7. The summed E-state index contributed by atoms with van der Waals surface area (Å²) in [6.07, 6.45) is 7.09. The molecule has 0 saturated carbocycles. The fourth-order valence-corrected chi connectivity index (χ4v) is 3.62. The van der Waals surface area contributed by atoms with Crippen LogP contribution in [0.3, 0.4) is 0 Å². The number of ether oxygens (including phenoxy) is 1. The summed E-state index contributed by atoms with van der Waals surface area (Å²) in [5.41, 5.74) is 1.87. The molecule has 1 aromatic carbocycles. The third kappa shape index (κ3) is 5.99. The van der Waals surface area contributed by atoms with Gasteiger partial charge in [0.15, 0.2) is 0 Å². The van der Waals surface area contributed by atoms with Gasteiger partial charge in [0.05, 0.1) is 5.02 Å². The fourth-order valence-electron chi connectivity index (χ4n) is 3.16. The summed E-state index contributed by atoms with van der Waals surface area (Å²) in [7, 11) is 0. The van der Waals surface area contributed by atoms with Gasteiger partial charge in [-0.1, -0.05) is 59.1 Å². The van der Waals surface area contributed by atoms with E-state index in [0.717, 1.165) is 30.2 Å². The highest BCUT2D eigenvalue weighted by Crippen LogP contribution is 2.28. The first-order chi connectivity index (χ1) is 15.5. The smallest absolute Gasteiger partial charge is 0.255 e. The second kappa shape index (κ2) is 10.3. The van der Waals surface area contributed by atoms with Gasteiger partial charge in [-0.05, 0) is 35.9 Å². The molecule has 1 aliphatic rings. The lowest BCUT2D eigenvalue weighted by Gasteiger charge is -2.38. The third-order valence-electron chi connectivity index (χ3n) is 4.80. The van der Waals surface area contributed by atoms with E-state index in [1.807, 2.05) is 24.3 Å². The molecule has 0 aliphatic carbocycles. The van der Waals surface area contributed by atoms with Crippen LogP contribution in [0.1, 0.15) is 15.9 Å². The van der Waals surface area contributed by atoms with Crippen molar-refractivity contribution in [1.29, 1.82) is 0 Å². The summed E-state index contributed by atoms with van der Waals surface area (Å²) in [5.74, 6) is -0.0324. The zero-order valence-corrected chi connectivity index (χ0v) is 19.1. The van der Waals surface area contributed by atoms with Crippen molar-refractivity contribution in [2.75, 3.05) is 25.0 Å². The summed E-state index contributed by atoms with van der Waals surface area (Å²) >= 11 is 17.8. The number of carbonyl (C=O) groups is 1. The van der Waals surface area contributed by atoms with Crippen molar-refractivity contribution >= 4 is 52.5 Å². The average molecular weight is 490 g/mol. The largest absolute Gasteiger partial charge is 0.470 e. The van der Waals surface area contributed by atoms with E-state index in [-0.39, 0.29) is 17.2 Å². The Hall–Kier alpha value is -2.64. The van der Waals surface area contributed by atoms with Crippen LogP contribution in [0.4, 0.5) is 5.69 Å². The van der Waals surface area contributed by atoms with Crippen LogP contribution in [-0.2, 0) is 0 Å². The Morgan fingerprint density at radius 3 is 2.62 bits per heavy atom. The van der Waals surface area contributed by atoms with Gasteiger partial charge in [-0.3, -0.25) is 9.69 Å². The number of nitrogens with one attached hydrogen (secondary N) is 1. The number of anilines is 1. The van der Waals surface area contributed by atoms with Crippen LogP contribution in [0.15, 0.2) is 60.9 Å². The molecule has 1 amide bonds. The van der Waals surface area contributed by atoms with Gasteiger partial charge in [0.1, 0.15) is 16.9 Å². The van der Waals surface area contributed by atoms with Crippen LogP contribution in [0.5, 0.6) is 5.88 Å². The van der Waals surface area contributed by atoms with E-state index >= 15 is 0 Å². The molecule has 2 aromatic heterocycles. The van der Waals surface area contributed by atoms with Gasteiger partial charge < -0.3 is 10.1 Å². The van der Waals surface area contributed by atoms with Gasteiger partial charge >= 0.3 is 0 Å². The topological polar surface area (TPSA) is 67.3 Å². The highest BCUT2D eigenvalue weighted by Gasteiger charge is 2.28. The molecule has 9 heteroatoms. The number of pyridine rings is 2. The van der Waals surface area contributed by atoms with Gasteiger partial charge in [0.2, 0.25) is 5.88 Å². The van der Waals surface area contributed by atoms with Crippen LogP contribution < -0.4 is 10.1 Å². The molecule has 0 unspecified atom stereocenters. The van der Waals surface area contributed by atoms with Crippen molar-refractivity contribution in [2.24, 2.45) is 0 Å². The molecule has 3 aromatic rings. The molecule has 0 bridgehead atoms. The molecule has 1 fully saturated rings. The molecule has 0 spiro atoms. The minimum Gasteiger partial charge on any atom is -0.470 e. The maximum Gasteiger partial charge on any atom is 0.255 e. The zero-order chi connectivity index (χ0) is 22.5. The first-order valence-corrected chi connectivity index (χ1v) is 11.0. The molecule has 4 rings (SSSR count). The zero-order valence-electron chi connectivity index (χ0n) is 16.8. The number of carbonyl (C=O) groups excluding carboxylic acids is 1. The van der Waals surface area contributed by atoms with Crippen LogP contribution in [-0.4, -0.2) is 46.5 Å². The van der Waals surface area contributed by atoms with Gasteiger partial charge in [-0.15, -0.1) is 0 Å². The van der Waals surface area contributed by atoms with E-state index in [2.05, 4.69) is 32.3 Å². The standard InChI is InChI=1S/C23H19Cl3N4O2/c24-17-5-3-15(4-6-17)2-1-9-30-13-19(14-30)32-23-20(11-18(25)12-28-23)29-22(31)16-7-8-27-21(26)10-16/h1-8,10-12,19H,9,13-14H2,(H,29,31). The second-order valence-corrected chi connectivity index (χ2v) is 8.50.